The molecule has 2 amide bonds. The van der Waals surface area contributed by atoms with E-state index in [1.807, 2.05) is 35.4 Å². The number of H-pyrrole nitrogens is 1. The molecule has 0 spiro atoms. The standard InChI is InChI=1S/C23H30N4O2/c28-22(25-19-4-5-19)18-2-1-11-27(15-18)20-8-12-26(13-9-20)23(29)17-3-6-21-16(14-17)7-10-24-21/h3,6-7,10,14,18-20,24H,1-2,4-5,8-9,11-13,15H2,(H,25,28). The number of hydrogen-bond donors (Lipinski definition) is 2. The van der Waals surface area contributed by atoms with E-state index < -0.39 is 0 Å². The lowest BCUT2D eigenvalue weighted by Gasteiger charge is -2.42. The molecule has 154 valence electrons. The van der Waals surface area contributed by atoms with Crippen LogP contribution >= 0.6 is 0 Å². The molecule has 2 aromatic rings. The third-order valence-corrected chi connectivity index (χ3v) is 6.82. The van der Waals surface area contributed by atoms with Crippen molar-refractivity contribution in [2.24, 2.45) is 5.92 Å². The molecule has 1 saturated carbocycles. The highest BCUT2D eigenvalue weighted by atomic mass is 16.2. The molecule has 2 saturated heterocycles. The zero-order valence-corrected chi connectivity index (χ0v) is 16.9. The van der Waals surface area contributed by atoms with Crippen LogP contribution < -0.4 is 5.32 Å². The van der Waals surface area contributed by atoms with Crippen molar-refractivity contribution in [2.75, 3.05) is 26.2 Å². The Morgan fingerprint density at radius 3 is 2.62 bits per heavy atom. The van der Waals surface area contributed by atoms with E-state index in [0.29, 0.717) is 12.1 Å². The van der Waals surface area contributed by atoms with E-state index in [2.05, 4.69) is 15.2 Å². The van der Waals surface area contributed by atoms with Gasteiger partial charge in [0.15, 0.2) is 0 Å². The quantitative estimate of drug-likeness (QED) is 0.838. The molecule has 1 aromatic carbocycles. The second-order valence-electron chi connectivity index (χ2n) is 8.92. The first kappa shape index (κ1) is 18.7. The molecule has 1 aromatic heterocycles. The minimum absolute atomic E-state index is 0.131. The maximum absolute atomic E-state index is 12.9. The molecule has 29 heavy (non-hydrogen) atoms. The molecule has 0 radical (unpaired) electrons. The SMILES string of the molecule is O=C(NC1CC1)C1CCCN(C2CCN(C(=O)c3ccc4[nH]ccc4c3)CC2)C1. The van der Waals surface area contributed by atoms with Crippen LogP contribution in [0.25, 0.3) is 10.9 Å². The fraction of sp³-hybridized carbons (Fsp3) is 0.565. The largest absolute Gasteiger partial charge is 0.361 e. The van der Waals surface area contributed by atoms with Gasteiger partial charge in [0.05, 0.1) is 5.92 Å². The van der Waals surface area contributed by atoms with Crippen LogP contribution in [0, 0.1) is 5.92 Å². The number of aromatic amines is 1. The van der Waals surface area contributed by atoms with Gasteiger partial charge in [-0.25, -0.2) is 0 Å². The molecule has 6 heteroatoms. The Bertz CT molecular complexity index is 895. The number of rotatable bonds is 4. The maximum atomic E-state index is 12.9. The molecular weight excluding hydrogens is 364 g/mol. The molecule has 1 atom stereocenters. The van der Waals surface area contributed by atoms with Gasteiger partial charge in [-0.2, -0.15) is 0 Å². The van der Waals surface area contributed by atoms with Crippen molar-refractivity contribution >= 4 is 22.7 Å². The van der Waals surface area contributed by atoms with E-state index in [0.717, 1.165) is 81.2 Å². The van der Waals surface area contributed by atoms with E-state index in [1.165, 1.54) is 0 Å². The molecule has 3 heterocycles. The lowest BCUT2D eigenvalue weighted by Crippen LogP contribution is -2.51. The predicted octanol–water partition coefficient (Wildman–Crippen LogP) is 2.76. The van der Waals surface area contributed by atoms with E-state index in [9.17, 15) is 9.59 Å². The Morgan fingerprint density at radius 1 is 1.00 bits per heavy atom. The van der Waals surface area contributed by atoms with Crippen LogP contribution in [0.15, 0.2) is 30.5 Å². The van der Waals surface area contributed by atoms with Crippen molar-refractivity contribution in [2.45, 2.75) is 50.6 Å². The fourth-order valence-electron chi connectivity index (χ4n) is 4.90. The first-order valence-electron chi connectivity index (χ1n) is 11.1. The van der Waals surface area contributed by atoms with Crippen LogP contribution in [0.4, 0.5) is 0 Å². The first-order chi connectivity index (χ1) is 14.2. The van der Waals surface area contributed by atoms with Crippen molar-refractivity contribution in [1.29, 1.82) is 0 Å². The van der Waals surface area contributed by atoms with Crippen molar-refractivity contribution in [1.82, 2.24) is 20.1 Å². The van der Waals surface area contributed by atoms with Gasteiger partial charge < -0.3 is 15.2 Å². The van der Waals surface area contributed by atoms with Gasteiger partial charge >= 0.3 is 0 Å². The summed E-state index contributed by atoms with van der Waals surface area (Å²) in [6.45, 7) is 3.55. The third kappa shape index (κ3) is 4.04. The van der Waals surface area contributed by atoms with Crippen LogP contribution in [-0.4, -0.2) is 64.9 Å². The Morgan fingerprint density at radius 2 is 1.83 bits per heavy atom. The van der Waals surface area contributed by atoms with E-state index >= 15 is 0 Å². The zero-order valence-electron chi connectivity index (χ0n) is 16.9. The Hall–Kier alpha value is -2.34. The highest BCUT2D eigenvalue weighted by Crippen LogP contribution is 2.26. The van der Waals surface area contributed by atoms with Gasteiger partial charge in [-0.15, -0.1) is 0 Å². The second-order valence-corrected chi connectivity index (χ2v) is 8.92. The number of carbonyl (C=O) groups excluding carboxylic acids is 2. The van der Waals surface area contributed by atoms with Crippen LogP contribution in [0.1, 0.15) is 48.9 Å². The number of amides is 2. The molecule has 1 unspecified atom stereocenters. The highest BCUT2D eigenvalue weighted by Gasteiger charge is 2.34. The number of likely N-dealkylation sites (tertiary alicyclic amines) is 2. The topological polar surface area (TPSA) is 68.4 Å². The average molecular weight is 395 g/mol. The lowest BCUT2D eigenvalue weighted by atomic mass is 9.93. The third-order valence-electron chi connectivity index (χ3n) is 6.82. The summed E-state index contributed by atoms with van der Waals surface area (Å²) >= 11 is 0. The minimum atomic E-state index is 0.131. The molecule has 1 aliphatic carbocycles. The summed E-state index contributed by atoms with van der Waals surface area (Å²) in [6.07, 6.45) is 8.29. The van der Waals surface area contributed by atoms with Gasteiger partial charge in [-0.3, -0.25) is 14.5 Å². The van der Waals surface area contributed by atoms with Gasteiger partial charge in [-0.05, 0) is 69.3 Å². The van der Waals surface area contributed by atoms with Gasteiger partial charge in [0, 0.05) is 54.4 Å². The average Bonchev–Trinajstić information content (AvgIpc) is 3.46. The number of nitrogens with one attached hydrogen (secondary N) is 2. The number of nitrogens with zero attached hydrogens (tertiary/aromatic N) is 2. The van der Waals surface area contributed by atoms with Gasteiger partial charge in [0.2, 0.25) is 5.91 Å². The van der Waals surface area contributed by atoms with Crippen LogP contribution in [0.5, 0.6) is 0 Å². The first-order valence-corrected chi connectivity index (χ1v) is 11.1. The smallest absolute Gasteiger partial charge is 0.253 e. The predicted molar refractivity (Wildman–Crippen MR) is 113 cm³/mol. The lowest BCUT2D eigenvalue weighted by molar-refractivity contribution is -0.127. The van der Waals surface area contributed by atoms with Crippen molar-refractivity contribution < 1.29 is 9.59 Å². The van der Waals surface area contributed by atoms with Crippen molar-refractivity contribution in [3.05, 3.63) is 36.0 Å². The second kappa shape index (κ2) is 7.82. The maximum Gasteiger partial charge on any atom is 0.253 e. The summed E-state index contributed by atoms with van der Waals surface area (Å²) in [4.78, 5) is 33.1. The number of benzene rings is 1. The van der Waals surface area contributed by atoms with Gasteiger partial charge in [-0.1, -0.05) is 0 Å². The van der Waals surface area contributed by atoms with Crippen molar-refractivity contribution in [3.63, 3.8) is 0 Å². The molecule has 3 fully saturated rings. The number of fused-ring (bicyclic) bond motifs is 1. The molecule has 3 aliphatic rings. The molecule has 2 N–H and O–H groups in total. The molecular formula is C23H30N4O2. The van der Waals surface area contributed by atoms with Crippen LogP contribution in [0.3, 0.4) is 0 Å². The Kier molecular flexibility index (Phi) is 5.04. The minimum Gasteiger partial charge on any atom is -0.361 e. The van der Waals surface area contributed by atoms with Gasteiger partial charge in [0.25, 0.3) is 5.91 Å². The van der Waals surface area contributed by atoms with E-state index in [4.69, 9.17) is 0 Å². The summed E-state index contributed by atoms with van der Waals surface area (Å²) in [5.41, 5.74) is 1.83. The summed E-state index contributed by atoms with van der Waals surface area (Å²) < 4.78 is 0. The summed E-state index contributed by atoms with van der Waals surface area (Å²) in [5, 5.41) is 4.26. The van der Waals surface area contributed by atoms with E-state index in [1.54, 1.807) is 0 Å². The zero-order chi connectivity index (χ0) is 19.8. The number of carbonyl (C=O) groups is 2. The summed E-state index contributed by atoms with van der Waals surface area (Å²) in [5.74, 6) is 0.522. The number of hydrogen-bond acceptors (Lipinski definition) is 3. The van der Waals surface area contributed by atoms with Crippen molar-refractivity contribution in [3.8, 4) is 0 Å². The Balaban J connectivity index is 1.16. The monoisotopic (exact) mass is 394 g/mol. The highest BCUT2D eigenvalue weighted by molar-refractivity contribution is 5.98. The van der Waals surface area contributed by atoms with Gasteiger partial charge in [0.1, 0.15) is 0 Å². The molecule has 5 rings (SSSR count). The molecule has 6 nitrogen and oxygen atoms in total. The van der Waals surface area contributed by atoms with E-state index in [-0.39, 0.29) is 17.7 Å². The number of piperidine rings is 2. The summed E-state index contributed by atoms with van der Waals surface area (Å²) in [7, 11) is 0. The Labute approximate surface area is 171 Å². The van der Waals surface area contributed by atoms with Crippen LogP contribution in [-0.2, 0) is 4.79 Å². The molecule has 2 aliphatic heterocycles. The van der Waals surface area contributed by atoms with Crippen LogP contribution in [0.2, 0.25) is 0 Å². The molecule has 0 bridgehead atoms. The normalized spacial score (nSPS) is 24.0. The fourth-order valence-corrected chi connectivity index (χ4v) is 4.90. The number of aromatic nitrogens is 1. The summed E-state index contributed by atoms with van der Waals surface area (Å²) in [6, 6.07) is 8.82.